The molecule has 1 heterocycles. The summed E-state index contributed by atoms with van der Waals surface area (Å²) in [4.78, 5) is 0. The quantitative estimate of drug-likeness (QED) is 0.713. The fraction of sp³-hybridized carbons (Fsp3) is 0.571. The van der Waals surface area contributed by atoms with Crippen molar-refractivity contribution in [3.8, 4) is 0 Å². The number of aromatic nitrogens is 2. The topological polar surface area (TPSA) is 90.0 Å². The van der Waals surface area contributed by atoms with Gasteiger partial charge in [-0.2, -0.15) is 5.10 Å². The molecule has 0 aromatic carbocycles. The van der Waals surface area contributed by atoms with E-state index in [1.807, 2.05) is 0 Å². The minimum Gasteiger partial charge on any atom is -0.329 e. The molecule has 1 unspecified atom stereocenters. The van der Waals surface area contributed by atoms with Crippen LogP contribution in [0.3, 0.4) is 0 Å². The Kier molecular flexibility index (Phi) is 3.12. The van der Waals surface area contributed by atoms with Crippen molar-refractivity contribution in [2.75, 3.05) is 11.3 Å². The standard InChI is InChI=1S/C7H14N4O2S/c1-6(3-8)14(12,13)10-7-4-9-11(2)5-7/h4-6,10H,3,8H2,1-2H3. The lowest BCUT2D eigenvalue weighted by Crippen LogP contribution is -2.31. The number of aryl methyl sites for hydroxylation is 1. The van der Waals surface area contributed by atoms with Gasteiger partial charge in [0, 0.05) is 19.8 Å². The van der Waals surface area contributed by atoms with Crippen LogP contribution in [0.25, 0.3) is 0 Å². The maximum absolute atomic E-state index is 11.5. The number of nitrogens with two attached hydrogens (primary N) is 1. The van der Waals surface area contributed by atoms with Gasteiger partial charge in [-0.1, -0.05) is 0 Å². The van der Waals surface area contributed by atoms with Crippen molar-refractivity contribution in [2.45, 2.75) is 12.2 Å². The molecule has 7 heteroatoms. The highest BCUT2D eigenvalue weighted by molar-refractivity contribution is 7.93. The van der Waals surface area contributed by atoms with Crippen LogP contribution in [-0.2, 0) is 17.1 Å². The van der Waals surface area contributed by atoms with Gasteiger partial charge in [0.05, 0.1) is 17.1 Å². The lowest BCUT2D eigenvalue weighted by molar-refractivity contribution is 0.589. The molecule has 0 bridgehead atoms. The van der Waals surface area contributed by atoms with E-state index < -0.39 is 15.3 Å². The van der Waals surface area contributed by atoms with Gasteiger partial charge >= 0.3 is 0 Å². The maximum Gasteiger partial charge on any atom is 0.236 e. The minimum absolute atomic E-state index is 0.0929. The summed E-state index contributed by atoms with van der Waals surface area (Å²) in [5.41, 5.74) is 5.73. The van der Waals surface area contributed by atoms with Crippen LogP contribution in [0.2, 0.25) is 0 Å². The largest absolute Gasteiger partial charge is 0.329 e. The zero-order valence-corrected chi connectivity index (χ0v) is 8.95. The van der Waals surface area contributed by atoms with Crippen LogP contribution in [0.5, 0.6) is 0 Å². The summed E-state index contributed by atoms with van der Waals surface area (Å²) in [6, 6.07) is 0. The van der Waals surface area contributed by atoms with E-state index in [2.05, 4.69) is 9.82 Å². The molecule has 0 aliphatic rings. The number of hydrogen-bond donors (Lipinski definition) is 2. The Morgan fingerprint density at radius 1 is 1.71 bits per heavy atom. The number of nitrogens with one attached hydrogen (secondary N) is 1. The molecule has 14 heavy (non-hydrogen) atoms. The normalized spacial score (nSPS) is 13.9. The fourth-order valence-corrected chi connectivity index (χ4v) is 1.75. The van der Waals surface area contributed by atoms with Gasteiger partial charge in [0.2, 0.25) is 10.0 Å². The molecular formula is C7H14N4O2S. The van der Waals surface area contributed by atoms with Crippen molar-refractivity contribution in [3.63, 3.8) is 0 Å². The number of nitrogens with zero attached hydrogens (tertiary/aromatic N) is 2. The first-order valence-electron chi connectivity index (χ1n) is 4.16. The van der Waals surface area contributed by atoms with Crippen LogP contribution >= 0.6 is 0 Å². The van der Waals surface area contributed by atoms with E-state index >= 15 is 0 Å². The summed E-state index contributed by atoms with van der Waals surface area (Å²) >= 11 is 0. The van der Waals surface area contributed by atoms with Gasteiger partial charge < -0.3 is 5.73 Å². The Labute approximate surface area is 83.1 Å². The molecular weight excluding hydrogens is 204 g/mol. The fourth-order valence-electron chi connectivity index (χ4n) is 0.865. The Balaban J connectivity index is 2.78. The van der Waals surface area contributed by atoms with Gasteiger partial charge in [-0.3, -0.25) is 9.40 Å². The second-order valence-corrected chi connectivity index (χ2v) is 5.19. The maximum atomic E-state index is 11.5. The molecule has 1 rings (SSSR count). The van der Waals surface area contributed by atoms with Crippen LogP contribution in [0.4, 0.5) is 5.69 Å². The Morgan fingerprint density at radius 3 is 2.79 bits per heavy atom. The highest BCUT2D eigenvalue weighted by atomic mass is 32.2. The second-order valence-electron chi connectivity index (χ2n) is 3.10. The summed E-state index contributed by atoms with van der Waals surface area (Å²) < 4.78 is 26.9. The van der Waals surface area contributed by atoms with E-state index in [1.54, 1.807) is 20.2 Å². The lowest BCUT2D eigenvalue weighted by atomic mass is 10.5. The summed E-state index contributed by atoms with van der Waals surface area (Å²) in [5.74, 6) is 0. The summed E-state index contributed by atoms with van der Waals surface area (Å²) in [6.45, 7) is 1.65. The molecule has 1 atom stereocenters. The third kappa shape index (κ3) is 2.46. The predicted molar refractivity (Wildman–Crippen MR) is 54.3 cm³/mol. The van der Waals surface area contributed by atoms with Gasteiger partial charge in [0.15, 0.2) is 0 Å². The van der Waals surface area contributed by atoms with Crippen molar-refractivity contribution in [1.29, 1.82) is 0 Å². The molecule has 3 N–H and O–H groups in total. The van der Waals surface area contributed by atoms with E-state index in [0.29, 0.717) is 5.69 Å². The average molecular weight is 218 g/mol. The first-order valence-corrected chi connectivity index (χ1v) is 5.70. The van der Waals surface area contributed by atoms with Crippen LogP contribution < -0.4 is 10.5 Å². The molecule has 0 saturated carbocycles. The Bertz CT molecular complexity index is 398. The van der Waals surface area contributed by atoms with Crippen molar-refractivity contribution >= 4 is 15.7 Å². The molecule has 0 fully saturated rings. The van der Waals surface area contributed by atoms with Gasteiger partial charge in [-0.25, -0.2) is 8.42 Å². The van der Waals surface area contributed by atoms with E-state index in [4.69, 9.17) is 5.73 Å². The summed E-state index contributed by atoms with van der Waals surface area (Å²) in [5, 5.41) is 3.24. The van der Waals surface area contributed by atoms with Crippen LogP contribution in [0.15, 0.2) is 12.4 Å². The third-order valence-corrected chi connectivity index (χ3v) is 3.60. The van der Waals surface area contributed by atoms with Crippen molar-refractivity contribution in [2.24, 2.45) is 12.8 Å². The lowest BCUT2D eigenvalue weighted by Gasteiger charge is -2.10. The molecule has 0 aliphatic carbocycles. The number of sulfonamides is 1. The number of anilines is 1. The molecule has 0 spiro atoms. The zero-order valence-electron chi connectivity index (χ0n) is 8.14. The van der Waals surface area contributed by atoms with E-state index in [9.17, 15) is 8.42 Å². The van der Waals surface area contributed by atoms with Crippen molar-refractivity contribution in [3.05, 3.63) is 12.4 Å². The van der Waals surface area contributed by atoms with Gasteiger partial charge in [-0.15, -0.1) is 0 Å². The highest BCUT2D eigenvalue weighted by Gasteiger charge is 2.19. The van der Waals surface area contributed by atoms with Crippen LogP contribution in [0, 0.1) is 0 Å². The molecule has 80 valence electrons. The summed E-state index contributed by atoms with van der Waals surface area (Å²) in [7, 11) is -1.67. The van der Waals surface area contributed by atoms with Gasteiger partial charge in [0.1, 0.15) is 0 Å². The highest BCUT2D eigenvalue weighted by Crippen LogP contribution is 2.09. The summed E-state index contributed by atoms with van der Waals surface area (Å²) in [6.07, 6.45) is 3.03. The minimum atomic E-state index is -3.38. The molecule has 0 aliphatic heterocycles. The molecule has 0 amide bonds. The monoisotopic (exact) mass is 218 g/mol. The molecule has 0 radical (unpaired) electrons. The average Bonchev–Trinajstić information content (AvgIpc) is 2.48. The molecule has 6 nitrogen and oxygen atoms in total. The molecule has 1 aromatic heterocycles. The van der Waals surface area contributed by atoms with Crippen LogP contribution in [-0.4, -0.2) is 30.0 Å². The van der Waals surface area contributed by atoms with Crippen molar-refractivity contribution < 1.29 is 8.42 Å². The van der Waals surface area contributed by atoms with Gasteiger partial charge in [0.25, 0.3) is 0 Å². The SMILES string of the molecule is CC(CN)S(=O)(=O)Nc1cnn(C)c1. The number of hydrogen-bond acceptors (Lipinski definition) is 4. The molecule has 0 saturated heterocycles. The Morgan fingerprint density at radius 2 is 2.36 bits per heavy atom. The third-order valence-electron chi connectivity index (χ3n) is 1.83. The smallest absolute Gasteiger partial charge is 0.236 e. The zero-order chi connectivity index (χ0) is 10.8. The predicted octanol–water partition coefficient (Wildman–Crippen LogP) is -0.491. The number of rotatable bonds is 4. The second kappa shape index (κ2) is 3.97. The Hall–Kier alpha value is -1.08. The van der Waals surface area contributed by atoms with E-state index in [1.165, 1.54) is 10.9 Å². The van der Waals surface area contributed by atoms with E-state index in [-0.39, 0.29) is 6.54 Å². The molecule has 1 aromatic rings. The van der Waals surface area contributed by atoms with Gasteiger partial charge in [-0.05, 0) is 6.92 Å². The first kappa shape index (κ1) is 11.0. The first-order chi connectivity index (χ1) is 6.45. The van der Waals surface area contributed by atoms with E-state index in [0.717, 1.165) is 0 Å². The van der Waals surface area contributed by atoms with Crippen molar-refractivity contribution in [1.82, 2.24) is 9.78 Å². The van der Waals surface area contributed by atoms with Crippen LogP contribution in [0.1, 0.15) is 6.92 Å².